The van der Waals surface area contributed by atoms with Crippen molar-refractivity contribution in [3.63, 3.8) is 0 Å². The van der Waals surface area contributed by atoms with Gasteiger partial charge in [0, 0.05) is 13.7 Å². The van der Waals surface area contributed by atoms with Crippen molar-refractivity contribution in [2.24, 2.45) is 0 Å². The molecule has 1 aromatic rings. The van der Waals surface area contributed by atoms with Gasteiger partial charge in [-0.2, -0.15) is 18.4 Å². The lowest BCUT2D eigenvalue weighted by molar-refractivity contribution is -0.137. The van der Waals surface area contributed by atoms with E-state index < -0.39 is 22.8 Å². The van der Waals surface area contributed by atoms with Crippen LogP contribution in [0.3, 0.4) is 0 Å². The van der Waals surface area contributed by atoms with Gasteiger partial charge in [-0.15, -0.1) is 0 Å². The standard InChI is InChI=1S/C16H17F3N4OS/c1-15(2)13(21)23(14(25)22(15)6-7-24-3)11-5-4-10(9-20)12(8-11)16(17,18)19/h4-5,8,21H,6-7H2,1-3H3. The Morgan fingerprint density at radius 2 is 2.00 bits per heavy atom. The van der Waals surface area contributed by atoms with E-state index in [-0.39, 0.29) is 16.6 Å². The summed E-state index contributed by atoms with van der Waals surface area (Å²) in [6.07, 6.45) is -4.67. The smallest absolute Gasteiger partial charge is 0.383 e. The van der Waals surface area contributed by atoms with Crippen molar-refractivity contribution in [1.82, 2.24) is 4.90 Å². The van der Waals surface area contributed by atoms with E-state index in [9.17, 15) is 13.2 Å². The van der Waals surface area contributed by atoms with Crippen LogP contribution in [0.2, 0.25) is 0 Å². The quantitative estimate of drug-likeness (QED) is 0.823. The fourth-order valence-corrected chi connectivity index (χ4v) is 3.17. The van der Waals surface area contributed by atoms with Crippen LogP contribution in [0, 0.1) is 16.7 Å². The van der Waals surface area contributed by atoms with Crippen LogP contribution < -0.4 is 4.90 Å². The Labute approximate surface area is 149 Å². The molecule has 5 nitrogen and oxygen atoms in total. The van der Waals surface area contributed by atoms with E-state index in [2.05, 4.69) is 0 Å². The Bertz CT molecular complexity index is 755. The second-order valence-corrected chi connectivity index (χ2v) is 6.37. The second-order valence-electron chi connectivity index (χ2n) is 6.01. The summed E-state index contributed by atoms with van der Waals surface area (Å²) in [5.74, 6) is 0.0615. The van der Waals surface area contributed by atoms with Gasteiger partial charge in [0.05, 0.1) is 35.0 Å². The van der Waals surface area contributed by atoms with Gasteiger partial charge in [0.1, 0.15) is 5.84 Å². The molecule has 134 valence electrons. The van der Waals surface area contributed by atoms with E-state index in [0.717, 1.165) is 12.1 Å². The Morgan fingerprint density at radius 1 is 1.36 bits per heavy atom. The van der Waals surface area contributed by atoms with E-state index in [1.165, 1.54) is 18.1 Å². The van der Waals surface area contributed by atoms with Gasteiger partial charge in [-0.3, -0.25) is 10.3 Å². The molecule has 1 heterocycles. The SMILES string of the molecule is COCCN1C(=S)N(c2ccc(C#N)c(C(F)(F)F)c2)C(=N)C1(C)C. The molecule has 1 aliphatic heterocycles. The number of benzene rings is 1. The number of nitriles is 1. The van der Waals surface area contributed by atoms with E-state index in [1.54, 1.807) is 24.8 Å². The average molecular weight is 370 g/mol. The molecule has 1 fully saturated rings. The summed E-state index contributed by atoms with van der Waals surface area (Å²) in [6, 6.07) is 4.86. The number of halogens is 3. The van der Waals surface area contributed by atoms with Crippen LogP contribution in [0.5, 0.6) is 0 Å². The highest BCUT2D eigenvalue weighted by molar-refractivity contribution is 7.80. The maximum atomic E-state index is 13.2. The number of alkyl halides is 3. The average Bonchev–Trinajstić information content (AvgIpc) is 2.70. The highest BCUT2D eigenvalue weighted by atomic mass is 32.1. The van der Waals surface area contributed by atoms with E-state index in [0.29, 0.717) is 13.2 Å². The topological polar surface area (TPSA) is 63.4 Å². The van der Waals surface area contributed by atoms with Crippen LogP contribution >= 0.6 is 12.2 Å². The van der Waals surface area contributed by atoms with E-state index >= 15 is 0 Å². The molecule has 2 rings (SSSR count). The maximum absolute atomic E-state index is 13.2. The molecule has 0 spiro atoms. The van der Waals surface area contributed by atoms with Crippen LogP contribution in [0.15, 0.2) is 18.2 Å². The van der Waals surface area contributed by atoms with Gasteiger partial charge in [-0.1, -0.05) is 0 Å². The Hall–Kier alpha value is -2.18. The molecule has 25 heavy (non-hydrogen) atoms. The van der Waals surface area contributed by atoms with Gasteiger partial charge < -0.3 is 9.64 Å². The molecule has 0 aromatic heterocycles. The highest BCUT2D eigenvalue weighted by Gasteiger charge is 2.46. The third-order valence-electron chi connectivity index (χ3n) is 4.11. The normalized spacial score (nSPS) is 17.2. The van der Waals surface area contributed by atoms with Crippen LogP contribution in [0.4, 0.5) is 18.9 Å². The fourth-order valence-electron chi connectivity index (χ4n) is 2.66. The lowest BCUT2D eigenvalue weighted by Crippen LogP contribution is -2.45. The van der Waals surface area contributed by atoms with Crippen molar-refractivity contribution in [3.05, 3.63) is 29.3 Å². The lowest BCUT2D eigenvalue weighted by Gasteiger charge is -2.30. The van der Waals surface area contributed by atoms with Gasteiger partial charge in [-0.25, -0.2) is 0 Å². The number of hydrogen-bond acceptors (Lipinski definition) is 4. The minimum Gasteiger partial charge on any atom is -0.383 e. The molecule has 1 saturated heterocycles. The van der Waals surface area contributed by atoms with Gasteiger partial charge in [0.15, 0.2) is 5.11 Å². The molecule has 9 heteroatoms. The van der Waals surface area contributed by atoms with E-state index in [4.69, 9.17) is 27.6 Å². The van der Waals surface area contributed by atoms with Crippen molar-refractivity contribution in [2.45, 2.75) is 25.6 Å². The first kappa shape index (κ1) is 19.1. The number of nitrogens with one attached hydrogen (secondary N) is 1. The summed E-state index contributed by atoms with van der Waals surface area (Å²) in [6.45, 7) is 4.31. The Balaban J connectivity index is 2.50. The predicted molar refractivity (Wildman–Crippen MR) is 91.6 cm³/mol. The van der Waals surface area contributed by atoms with Crippen molar-refractivity contribution < 1.29 is 17.9 Å². The molecular weight excluding hydrogens is 353 g/mol. The highest BCUT2D eigenvalue weighted by Crippen LogP contribution is 2.37. The molecule has 0 bridgehead atoms. The first-order chi connectivity index (χ1) is 11.6. The summed E-state index contributed by atoms with van der Waals surface area (Å²) < 4.78 is 44.7. The van der Waals surface area contributed by atoms with Crippen molar-refractivity contribution in [2.75, 3.05) is 25.2 Å². The summed E-state index contributed by atoms with van der Waals surface area (Å²) in [7, 11) is 1.53. The lowest BCUT2D eigenvalue weighted by atomic mass is 10.0. The molecule has 0 saturated carbocycles. The van der Waals surface area contributed by atoms with Gasteiger partial charge in [-0.05, 0) is 44.3 Å². The number of amidine groups is 1. The number of nitrogens with zero attached hydrogens (tertiary/aromatic N) is 3. The fraction of sp³-hybridized carbons (Fsp3) is 0.438. The number of thiocarbonyl (C=S) groups is 1. The number of anilines is 1. The Morgan fingerprint density at radius 3 is 2.52 bits per heavy atom. The molecule has 1 aliphatic rings. The molecular formula is C16H17F3N4OS. The van der Waals surface area contributed by atoms with Crippen molar-refractivity contribution in [3.8, 4) is 6.07 Å². The molecule has 0 amide bonds. The second kappa shape index (κ2) is 6.61. The summed E-state index contributed by atoms with van der Waals surface area (Å²) in [5.41, 5.74) is -2.20. The zero-order chi connectivity index (χ0) is 19.0. The molecule has 0 radical (unpaired) electrons. The van der Waals surface area contributed by atoms with Crippen LogP contribution in [0.1, 0.15) is 25.0 Å². The summed E-state index contributed by atoms with van der Waals surface area (Å²) in [5, 5.41) is 17.5. The zero-order valence-electron chi connectivity index (χ0n) is 13.9. The maximum Gasteiger partial charge on any atom is 0.417 e. The van der Waals surface area contributed by atoms with E-state index in [1.807, 2.05) is 0 Å². The van der Waals surface area contributed by atoms with Gasteiger partial charge in [0.25, 0.3) is 0 Å². The molecule has 0 unspecified atom stereocenters. The number of methoxy groups -OCH3 is 1. The number of hydrogen-bond donors (Lipinski definition) is 1. The van der Waals surface area contributed by atoms with Crippen molar-refractivity contribution >= 4 is 28.9 Å². The third-order valence-corrected chi connectivity index (χ3v) is 4.51. The predicted octanol–water partition coefficient (Wildman–Crippen LogP) is 3.39. The number of rotatable bonds is 4. The zero-order valence-corrected chi connectivity index (χ0v) is 14.8. The first-order valence-corrected chi connectivity index (χ1v) is 7.77. The monoisotopic (exact) mass is 370 g/mol. The summed E-state index contributed by atoms with van der Waals surface area (Å²) in [4.78, 5) is 3.03. The Kier molecular flexibility index (Phi) is 5.06. The molecule has 0 atom stereocenters. The van der Waals surface area contributed by atoms with Gasteiger partial charge >= 0.3 is 6.18 Å². The molecule has 1 N–H and O–H groups in total. The van der Waals surface area contributed by atoms with Crippen LogP contribution in [-0.4, -0.2) is 41.6 Å². The third kappa shape index (κ3) is 3.32. The summed E-state index contributed by atoms with van der Waals surface area (Å²) >= 11 is 5.39. The molecule has 1 aromatic carbocycles. The van der Waals surface area contributed by atoms with Gasteiger partial charge in [0.2, 0.25) is 0 Å². The van der Waals surface area contributed by atoms with Crippen LogP contribution in [-0.2, 0) is 10.9 Å². The van der Waals surface area contributed by atoms with Crippen LogP contribution in [0.25, 0.3) is 0 Å². The number of ether oxygens (including phenoxy) is 1. The minimum absolute atomic E-state index is 0.0615. The largest absolute Gasteiger partial charge is 0.417 e. The minimum atomic E-state index is -4.67. The van der Waals surface area contributed by atoms with Crippen molar-refractivity contribution in [1.29, 1.82) is 10.7 Å². The first-order valence-electron chi connectivity index (χ1n) is 7.36. The molecule has 0 aliphatic carbocycles.